The van der Waals surface area contributed by atoms with E-state index in [0.29, 0.717) is 13.0 Å². The Morgan fingerprint density at radius 2 is 1.92 bits per heavy atom. The Morgan fingerprint density at radius 3 is 2.58 bits per heavy atom. The van der Waals surface area contributed by atoms with E-state index in [4.69, 9.17) is 0 Å². The van der Waals surface area contributed by atoms with Crippen molar-refractivity contribution in [2.75, 3.05) is 0 Å². The van der Waals surface area contributed by atoms with Crippen LogP contribution in [0.1, 0.15) is 36.0 Å². The molecular formula is C20H25N5O. The molecule has 0 radical (unpaired) electrons. The number of carbonyl (C=O) groups excluding carboxylic acids is 1. The Bertz CT molecular complexity index is 837. The van der Waals surface area contributed by atoms with Gasteiger partial charge in [0, 0.05) is 38.1 Å². The van der Waals surface area contributed by atoms with Crippen LogP contribution in [-0.4, -0.2) is 25.2 Å². The minimum absolute atomic E-state index is 0.0233. The molecule has 3 aromatic rings. The second kappa shape index (κ2) is 8.47. The number of benzene rings is 1. The van der Waals surface area contributed by atoms with Crippen molar-refractivity contribution in [2.45, 2.75) is 45.8 Å². The fourth-order valence-electron chi connectivity index (χ4n) is 2.99. The minimum Gasteiger partial charge on any atom is -0.349 e. The highest BCUT2D eigenvalue weighted by Gasteiger charge is 2.15. The molecule has 0 aliphatic carbocycles. The van der Waals surface area contributed by atoms with Crippen LogP contribution in [0.3, 0.4) is 0 Å². The van der Waals surface area contributed by atoms with E-state index in [1.807, 2.05) is 50.5 Å². The fraction of sp³-hybridized carbons (Fsp3) is 0.350. The summed E-state index contributed by atoms with van der Waals surface area (Å²) in [6.07, 6.45) is 6.90. The number of imidazole rings is 1. The maximum atomic E-state index is 12.5. The summed E-state index contributed by atoms with van der Waals surface area (Å²) < 4.78 is 3.91. The van der Waals surface area contributed by atoms with Gasteiger partial charge in [-0.25, -0.2) is 4.98 Å². The van der Waals surface area contributed by atoms with Crippen LogP contribution < -0.4 is 5.32 Å². The first kappa shape index (κ1) is 17.9. The van der Waals surface area contributed by atoms with Gasteiger partial charge in [-0.1, -0.05) is 30.3 Å². The van der Waals surface area contributed by atoms with Gasteiger partial charge in [-0.3, -0.25) is 9.48 Å². The monoisotopic (exact) mass is 351 g/mol. The second-order valence-electron chi connectivity index (χ2n) is 6.46. The molecule has 0 aliphatic heterocycles. The summed E-state index contributed by atoms with van der Waals surface area (Å²) in [5.74, 6) is 1.02. The number of nitrogens with one attached hydrogen (secondary N) is 1. The summed E-state index contributed by atoms with van der Waals surface area (Å²) in [7, 11) is 0. The predicted molar refractivity (Wildman–Crippen MR) is 100 cm³/mol. The molecule has 0 aliphatic rings. The Balaban J connectivity index is 1.61. The van der Waals surface area contributed by atoms with Gasteiger partial charge in [0.25, 0.3) is 0 Å². The molecule has 2 aromatic heterocycles. The van der Waals surface area contributed by atoms with E-state index in [1.54, 1.807) is 10.9 Å². The lowest BCUT2D eigenvalue weighted by molar-refractivity contribution is -0.122. The largest absolute Gasteiger partial charge is 0.349 e. The highest BCUT2D eigenvalue weighted by Crippen LogP contribution is 2.18. The van der Waals surface area contributed by atoms with Crippen LogP contribution in [0.2, 0.25) is 0 Å². The topological polar surface area (TPSA) is 64.7 Å². The van der Waals surface area contributed by atoms with Crippen molar-refractivity contribution in [3.05, 3.63) is 72.1 Å². The van der Waals surface area contributed by atoms with Crippen molar-refractivity contribution in [1.29, 1.82) is 0 Å². The number of aryl methyl sites for hydroxylation is 4. The standard InChI is InChI=1S/C20H25N5O/c1-16-8-13-25(23-16)14-10-20(26)22-19(18-6-4-3-5-7-18)9-12-24-15-11-21-17(24)2/h3-8,11,13,15,19H,9-10,12,14H2,1-2H3,(H,22,26). The number of carbonyl (C=O) groups is 1. The van der Waals surface area contributed by atoms with Crippen LogP contribution in [-0.2, 0) is 17.9 Å². The Morgan fingerprint density at radius 1 is 1.12 bits per heavy atom. The van der Waals surface area contributed by atoms with Gasteiger partial charge in [-0.05, 0) is 31.9 Å². The molecule has 1 atom stereocenters. The van der Waals surface area contributed by atoms with Crippen molar-refractivity contribution < 1.29 is 4.79 Å². The lowest BCUT2D eigenvalue weighted by atomic mass is 10.0. The molecule has 26 heavy (non-hydrogen) atoms. The van der Waals surface area contributed by atoms with Gasteiger partial charge >= 0.3 is 0 Å². The number of rotatable bonds is 8. The summed E-state index contributed by atoms with van der Waals surface area (Å²) in [6, 6.07) is 12.0. The van der Waals surface area contributed by atoms with Crippen molar-refractivity contribution in [1.82, 2.24) is 24.6 Å². The Labute approximate surface area is 153 Å². The number of amides is 1. The molecular weight excluding hydrogens is 326 g/mol. The van der Waals surface area contributed by atoms with Gasteiger partial charge in [-0.2, -0.15) is 5.10 Å². The van der Waals surface area contributed by atoms with Crippen molar-refractivity contribution in [3.63, 3.8) is 0 Å². The van der Waals surface area contributed by atoms with E-state index in [2.05, 4.69) is 32.1 Å². The van der Waals surface area contributed by atoms with Gasteiger partial charge in [0.2, 0.25) is 5.91 Å². The molecule has 3 rings (SSSR count). The third-order valence-electron chi connectivity index (χ3n) is 4.46. The molecule has 1 unspecified atom stereocenters. The lowest BCUT2D eigenvalue weighted by Gasteiger charge is -2.20. The summed E-state index contributed by atoms with van der Waals surface area (Å²) in [4.78, 5) is 16.7. The first-order valence-electron chi connectivity index (χ1n) is 8.94. The number of nitrogens with zero attached hydrogens (tertiary/aromatic N) is 4. The van der Waals surface area contributed by atoms with Gasteiger partial charge in [-0.15, -0.1) is 0 Å². The van der Waals surface area contributed by atoms with Crippen molar-refractivity contribution in [3.8, 4) is 0 Å². The maximum Gasteiger partial charge on any atom is 0.222 e. The van der Waals surface area contributed by atoms with E-state index in [0.717, 1.165) is 30.0 Å². The zero-order valence-electron chi connectivity index (χ0n) is 15.3. The normalized spacial score (nSPS) is 12.1. The van der Waals surface area contributed by atoms with Crippen molar-refractivity contribution in [2.24, 2.45) is 0 Å². The molecule has 0 fully saturated rings. The van der Waals surface area contributed by atoms with E-state index in [-0.39, 0.29) is 11.9 Å². The van der Waals surface area contributed by atoms with Crippen LogP contribution in [0.5, 0.6) is 0 Å². The Hall–Kier alpha value is -2.89. The number of hydrogen-bond donors (Lipinski definition) is 1. The molecule has 1 N–H and O–H groups in total. The van der Waals surface area contributed by atoms with Crippen LogP contribution in [0.4, 0.5) is 0 Å². The average molecular weight is 351 g/mol. The first-order chi connectivity index (χ1) is 12.6. The molecule has 0 saturated carbocycles. The molecule has 0 saturated heterocycles. The quantitative estimate of drug-likeness (QED) is 0.678. The molecule has 6 nitrogen and oxygen atoms in total. The van der Waals surface area contributed by atoms with Crippen molar-refractivity contribution >= 4 is 5.91 Å². The second-order valence-corrected chi connectivity index (χ2v) is 6.46. The SMILES string of the molecule is Cc1ccn(CCC(=O)NC(CCn2ccnc2C)c2ccccc2)n1. The van der Waals surface area contributed by atoms with Crippen LogP contribution in [0.25, 0.3) is 0 Å². The zero-order chi connectivity index (χ0) is 18.4. The number of aromatic nitrogens is 4. The highest BCUT2D eigenvalue weighted by atomic mass is 16.1. The van der Waals surface area contributed by atoms with E-state index < -0.39 is 0 Å². The van der Waals surface area contributed by atoms with Gasteiger partial charge < -0.3 is 9.88 Å². The first-order valence-corrected chi connectivity index (χ1v) is 8.94. The van der Waals surface area contributed by atoms with E-state index in [1.165, 1.54) is 0 Å². The summed E-state index contributed by atoms with van der Waals surface area (Å²) in [5, 5.41) is 7.50. The van der Waals surface area contributed by atoms with Gasteiger partial charge in [0.15, 0.2) is 0 Å². The fourth-order valence-corrected chi connectivity index (χ4v) is 2.99. The predicted octanol–water partition coefficient (Wildman–Crippen LogP) is 3.03. The highest BCUT2D eigenvalue weighted by molar-refractivity contribution is 5.76. The molecule has 2 heterocycles. The molecule has 136 valence electrons. The summed E-state index contributed by atoms with van der Waals surface area (Å²) >= 11 is 0. The van der Waals surface area contributed by atoms with Gasteiger partial charge in [0.1, 0.15) is 5.82 Å². The molecule has 6 heteroatoms. The van der Waals surface area contributed by atoms with Crippen LogP contribution >= 0.6 is 0 Å². The number of hydrogen-bond acceptors (Lipinski definition) is 3. The van der Waals surface area contributed by atoms with Crippen LogP contribution in [0, 0.1) is 13.8 Å². The average Bonchev–Trinajstić information content (AvgIpc) is 3.25. The van der Waals surface area contributed by atoms with Crippen LogP contribution in [0.15, 0.2) is 55.0 Å². The lowest BCUT2D eigenvalue weighted by Crippen LogP contribution is -2.30. The Kier molecular flexibility index (Phi) is 5.84. The summed E-state index contributed by atoms with van der Waals surface area (Å²) in [6.45, 7) is 5.33. The zero-order valence-corrected chi connectivity index (χ0v) is 15.3. The minimum atomic E-state index is -0.0233. The maximum absolute atomic E-state index is 12.5. The molecule has 0 spiro atoms. The molecule has 1 aromatic carbocycles. The summed E-state index contributed by atoms with van der Waals surface area (Å²) in [5.41, 5.74) is 2.08. The van der Waals surface area contributed by atoms with E-state index in [9.17, 15) is 4.79 Å². The third kappa shape index (κ3) is 4.81. The van der Waals surface area contributed by atoms with Gasteiger partial charge in [0.05, 0.1) is 11.7 Å². The third-order valence-corrected chi connectivity index (χ3v) is 4.46. The smallest absolute Gasteiger partial charge is 0.222 e. The molecule has 0 bridgehead atoms. The van der Waals surface area contributed by atoms with E-state index >= 15 is 0 Å². The molecule has 1 amide bonds.